The second-order valence-electron chi connectivity index (χ2n) is 17.9. The van der Waals surface area contributed by atoms with Gasteiger partial charge in [-0.05, 0) is 89.1 Å². The zero-order valence-electron chi connectivity index (χ0n) is 44.9. The number of carbonyl (C=O) groups is 2. The van der Waals surface area contributed by atoms with Crippen LogP contribution in [0.3, 0.4) is 0 Å². The first-order chi connectivity index (χ1) is 39.6. The van der Waals surface area contributed by atoms with Crippen LogP contribution in [0.15, 0.2) is 81.8 Å². The Bertz CT molecular complexity index is 4660. The fraction of sp³-hybridized carbons (Fsp3) is 0.245. The number of methoxy groups -OCH3 is 2. The van der Waals surface area contributed by atoms with Crippen molar-refractivity contribution in [2.75, 3.05) is 38.1 Å². The van der Waals surface area contributed by atoms with E-state index in [1.54, 1.807) is 111 Å². The third-order valence-electron chi connectivity index (χ3n) is 13.2. The van der Waals surface area contributed by atoms with E-state index in [9.17, 15) is 9.59 Å². The molecule has 2 amide bonds. The largest absolute Gasteiger partial charge is 0.496 e. The lowest BCUT2D eigenvalue weighted by Gasteiger charge is -2.13. The highest BCUT2D eigenvalue weighted by Crippen LogP contribution is 2.46. The van der Waals surface area contributed by atoms with Crippen molar-refractivity contribution < 1.29 is 28.1 Å². The molecule has 2 N–H and O–H groups in total. The van der Waals surface area contributed by atoms with Crippen LogP contribution in [0.5, 0.6) is 11.5 Å². The number of carbonyl (C=O) groups excluding carboxylic acids is 2. The number of fused-ring (bicyclic) bond motifs is 8. The molecular weight excluding hydrogens is 1320 g/mol. The highest BCUT2D eigenvalue weighted by molar-refractivity contribution is 8.75. The molecule has 0 bridgehead atoms. The van der Waals surface area contributed by atoms with Gasteiger partial charge in [-0.2, -0.15) is 0 Å². The number of aryl methyl sites for hydroxylation is 6. The Kier molecular flexibility index (Phi) is 22.1. The number of hydrogen-bond donors (Lipinski definition) is 2. The molecule has 0 radical (unpaired) electrons. The van der Waals surface area contributed by atoms with Gasteiger partial charge in [-0.3, -0.25) is 9.59 Å². The minimum Gasteiger partial charge on any atom is -0.496 e. The van der Waals surface area contributed by atoms with E-state index < -0.39 is 5.92 Å². The second-order valence-corrected chi connectivity index (χ2v) is 37.7. The molecule has 4 aromatic carbocycles. The van der Waals surface area contributed by atoms with Crippen molar-refractivity contribution >= 4 is 199 Å². The zero-order valence-corrected chi connectivity index (χ0v) is 56.3. The van der Waals surface area contributed by atoms with Gasteiger partial charge in [0.25, 0.3) is 0 Å². The number of hydrogen-bond acceptors (Lipinski definition) is 14. The Balaban J connectivity index is 0.000000159. The summed E-state index contributed by atoms with van der Waals surface area (Å²) in [5, 5.41) is 12.0. The molecule has 6 aromatic heterocycles. The van der Waals surface area contributed by atoms with Crippen LogP contribution in [0.4, 0.5) is 11.4 Å². The summed E-state index contributed by atoms with van der Waals surface area (Å²) in [5.74, 6) is 3.77. The number of para-hydroxylation sites is 2. The molecule has 0 fully saturated rings. The highest BCUT2D eigenvalue weighted by atomic mass is 35.5. The lowest BCUT2D eigenvalue weighted by molar-refractivity contribution is -0.118. The van der Waals surface area contributed by atoms with E-state index in [0.717, 1.165) is 106 Å². The van der Waals surface area contributed by atoms with Crippen molar-refractivity contribution in [2.45, 2.75) is 61.3 Å². The molecule has 1 atom stereocenters. The minimum atomic E-state index is -0.502. The molecule has 10 aromatic rings. The predicted molar refractivity (Wildman–Crippen MR) is 368 cm³/mol. The summed E-state index contributed by atoms with van der Waals surface area (Å²) in [6, 6.07) is 23.7. The third kappa shape index (κ3) is 13.7. The SMILES string of the molecule is C.CN1C(=O)Cc2ccccc21.COc1cc2c(cc1-c1c(C)noc1C)[nH]c1nc(C)nc(C3C(=O)N(C)c4ccccc43)c12.COc1cc2c(cc1-c1c(C)noc1C)[nH]c1nc(C)nc(Cl)c12.S=S=S=S=S=S=S=S=S=S=S=S=S. The Morgan fingerprint density at radius 3 is 1.58 bits per heavy atom. The molecule has 16 nitrogen and oxygen atoms in total. The maximum atomic E-state index is 13.4. The monoisotopic (exact) mass is 1370 g/mol. The molecular formula is C53H51ClN10O6S13. The van der Waals surface area contributed by atoms with Gasteiger partial charge in [-0.15, -0.1) is 0 Å². The fourth-order valence-electron chi connectivity index (χ4n) is 9.78. The van der Waals surface area contributed by atoms with Gasteiger partial charge in [0.1, 0.15) is 57.0 Å². The van der Waals surface area contributed by atoms with Crippen LogP contribution in [0, 0.1) is 41.5 Å². The Hall–Kier alpha value is -5.25. The van der Waals surface area contributed by atoms with Crippen LogP contribution >= 0.6 is 11.6 Å². The third-order valence-corrected chi connectivity index (χ3v) is 35.7. The van der Waals surface area contributed by atoms with Crippen molar-refractivity contribution in [3.63, 3.8) is 0 Å². The number of nitrogens with one attached hydrogen (secondary N) is 2. The molecule has 83 heavy (non-hydrogen) atoms. The molecule has 0 saturated heterocycles. The summed E-state index contributed by atoms with van der Waals surface area (Å²) < 4.78 is 22.1. The predicted octanol–water partition coefficient (Wildman–Crippen LogP) is 11.0. The summed E-state index contributed by atoms with van der Waals surface area (Å²) in [5.41, 5.74) is 13.1. The van der Waals surface area contributed by atoms with Gasteiger partial charge >= 0.3 is 0 Å². The number of ether oxygens (including phenoxy) is 2. The molecule has 2 aliphatic heterocycles. The van der Waals surface area contributed by atoms with Crippen LogP contribution in [0.1, 0.15) is 64.7 Å². The van der Waals surface area contributed by atoms with E-state index in [1.807, 2.05) is 121 Å². The van der Waals surface area contributed by atoms with E-state index in [4.69, 9.17) is 57.5 Å². The second kappa shape index (κ2) is 28.8. The molecule has 0 spiro atoms. The number of benzene rings is 4. The Morgan fingerprint density at radius 1 is 0.614 bits per heavy atom. The molecule has 1 unspecified atom stereocenters. The summed E-state index contributed by atoms with van der Waals surface area (Å²) in [7, 11) is 25.0. The molecule has 0 aliphatic carbocycles. The smallest absolute Gasteiger partial charge is 0.240 e. The number of H-pyrrole nitrogens is 2. The average Bonchev–Trinajstić information content (AvgIpc) is 3.57. The van der Waals surface area contributed by atoms with Gasteiger partial charge in [0, 0.05) is 184 Å². The molecule has 12 rings (SSSR count). The summed E-state index contributed by atoms with van der Waals surface area (Å²) >= 11 is 15.7. The normalized spacial score (nSPS) is 12.8. The van der Waals surface area contributed by atoms with Crippen molar-refractivity contribution in [1.29, 1.82) is 0 Å². The van der Waals surface area contributed by atoms with Crippen LogP contribution < -0.4 is 19.3 Å². The van der Waals surface area contributed by atoms with E-state index in [1.165, 1.54) is 17.8 Å². The number of anilines is 2. The highest BCUT2D eigenvalue weighted by Gasteiger charge is 2.39. The summed E-state index contributed by atoms with van der Waals surface area (Å²) in [6.45, 7) is 11.2. The standard InChI is InChI=1S/C26H23N5O3.C17H15ClN4O2.C9H9NO.CH4.S13/c1-12-21(13(2)34-30-12)17-10-18-16(11-20(17)33-5)22-24(27-14(3)28-25(22)29-18)23-15-8-6-7-9-19(15)31(4)26(23)32;1-7-14(8(2)24-22-7)11-5-12-10(6-13(11)23-4)15-16(18)19-9(3)20-17(15)21-12;1-10-8-5-3-2-4-7(8)6-9(10)11;;1-3-5-7-9-11-13-12-10-8-6-4-2/h6-11,23H,1-5H3,(H,27,28,29);5-6H,1-4H3,(H,19,20,21);2-5H,6H2,1H3;1H4;. The first kappa shape index (κ1) is 63.8. The summed E-state index contributed by atoms with van der Waals surface area (Å²) in [4.78, 5) is 52.9. The van der Waals surface area contributed by atoms with E-state index >= 15 is 0 Å². The van der Waals surface area contributed by atoms with Gasteiger partial charge in [0.2, 0.25) is 11.8 Å². The van der Waals surface area contributed by atoms with Crippen molar-refractivity contribution in [1.82, 2.24) is 40.2 Å². The lowest BCUT2D eigenvalue weighted by Crippen LogP contribution is -2.25. The Labute approximate surface area is 524 Å². The van der Waals surface area contributed by atoms with E-state index in [2.05, 4.69) is 35.2 Å². The number of rotatable bonds is 5. The van der Waals surface area contributed by atoms with Gasteiger partial charge < -0.3 is 38.3 Å². The van der Waals surface area contributed by atoms with E-state index in [-0.39, 0.29) is 19.2 Å². The van der Waals surface area contributed by atoms with Crippen LogP contribution in [-0.4, -0.2) is 80.3 Å². The van der Waals surface area contributed by atoms with E-state index in [0.29, 0.717) is 46.0 Å². The number of nitrogens with zero attached hydrogens (tertiary/aromatic N) is 8. The minimum absolute atomic E-state index is 0. The van der Waals surface area contributed by atoms with Crippen LogP contribution in [0.25, 0.3) is 66.1 Å². The lowest BCUT2D eigenvalue weighted by atomic mass is 9.93. The first-order valence-electron chi connectivity index (χ1n) is 24.2. The summed E-state index contributed by atoms with van der Waals surface area (Å²) in [6.07, 6.45) is 0.562. The maximum absolute atomic E-state index is 13.4. The fourth-order valence-corrected chi connectivity index (χ4v) is 34.8. The molecule has 8 heterocycles. The van der Waals surface area contributed by atoms with Crippen molar-refractivity contribution in [2.24, 2.45) is 0 Å². The zero-order chi connectivity index (χ0) is 58.4. The van der Waals surface area contributed by atoms with Gasteiger partial charge in [0.05, 0.1) is 54.2 Å². The number of amides is 2. The molecule has 2 aliphatic rings. The molecule has 30 heteroatoms. The quantitative estimate of drug-likeness (QED) is 0.155. The molecule has 434 valence electrons. The van der Waals surface area contributed by atoms with Crippen LogP contribution in [-0.2, 0) is 136 Å². The number of halogens is 1. The molecule has 0 saturated carbocycles. The van der Waals surface area contributed by atoms with Crippen molar-refractivity contribution in [3.8, 4) is 33.8 Å². The average molecular weight is 1380 g/mol. The van der Waals surface area contributed by atoms with Gasteiger partial charge in [0.15, 0.2) is 0 Å². The maximum Gasteiger partial charge on any atom is 0.240 e. The Morgan fingerprint density at radius 2 is 1.08 bits per heavy atom. The van der Waals surface area contributed by atoms with Crippen molar-refractivity contribution in [3.05, 3.63) is 129 Å². The van der Waals surface area contributed by atoms with Crippen LogP contribution in [0.2, 0.25) is 5.15 Å². The van der Waals surface area contributed by atoms with Gasteiger partial charge in [-0.1, -0.05) is 65.7 Å². The number of aromatic amines is 2. The first-order valence-corrected chi connectivity index (χ1v) is 40.5. The van der Waals surface area contributed by atoms with Gasteiger partial charge in [-0.25, -0.2) is 19.9 Å². The number of aromatic nitrogens is 8. The number of likely N-dealkylation sites (N-methyl/N-ethyl adjacent to an activating group) is 2. The topological polar surface area (TPSA) is 194 Å².